The lowest BCUT2D eigenvalue weighted by molar-refractivity contribution is -0.159. The molecule has 2 aliphatic rings. The summed E-state index contributed by atoms with van der Waals surface area (Å²) in [5.41, 5.74) is 0. The molecule has 0 amide bonds. The lowest BCUT2D eigenvalue weighted by Gasteiger charge is -2.29. The first-order chi connectivity index (χ1) is 10.7. The Balaban J connectivity index is 1.76. The molecule has 0 radical (unpaired) electrons. The van der Waals surface area contributed by atoms with E-state index in [9.17, 15) is 9.59 Å². The van der Waals surface area contributed by atoms with E-state index in [4.69, 9.17) is 9.47 Å². The van der Waals surface area contributed by atoms with Crippen molar-refractivity contribution in [3.63, 3.8) is 0 Å². The van der Waals surface area contributed by atoms with Crippen molar-refractivity contribution < 1.29 is 19.1 Å². The van der Waals surface area contributed by atoms with Crippen LogP contribution in [0.5, 0.6) is 0 Å². The molecule has 0 spiro atoms. The van der Waals surface area contributed by atoms with Crippen molar-refractivity contribution in [2.24, 2.45) is 11.8 Å². The molecule has 2 rings (SSSR count). The largest absolute Gasteiger partial charge is 0.465 e. The van der Waals surface area contributed by atoms with Crippen LogP contribution in [0.25, 0.3) is 0 Å². The number of esters is 2. The third-order valence-corrected chi connectivity index (χ3v) is 4.92. The van der Waals surface area contributed by atoms with Gasteiger partial charge in [-0.1, -0.05) is 26.2 Å². The van der Waals surface area contributed by atoms with Crippen molar-refractivity contribution in [2.45, 2.75) is 83.7 Å². The van der Waals surface area contributed by atoms with Crippen molar-refractivity contribution in [1.82, 2.24) is 0 Å². The van der Waals surface area contributed by atoms with E-state index in [-0.39, 0.29) is 29.9 Å². The Morgan fingerprint density at radius 3 is 2.27 bits per heavy atom. The second kappa shape index (κ2) is 9.16. The van der Waals surface area contributed by atoms with Gasteiger partial charge < -0.3 is 9.47 Å². The number of hydrogen-bond donors (Lipinski definition) is 0. The minimum Gasteiger partial charge on any atom is -0.465 e. The number of hydrogen-bond acceptors (Lipinski definition) is 4. The first-order valence-electron chi connectivity index (χ1n) is 9.07. The van der Waals surface area contributed by atoms with E-state index in [2.05, 4.69) is 6.92 Å². The normalized spacial score (nSPS) is 26.4. The van der Waals surface area contributed by atoms with Gasteiger partial charge >= 0.3 is 11.9 Å². The van der Waals surface area contributed by atoms with Gasteiger partial charge in [0.2, 0.25) is 0 Å². The molecule has 2 fully saturated rings. The van der Waals surface area contributed by atoms with Crippen LogP contribution in [0.4, 0.5) is 0 Å². The first kappa shape index (κ1) is 17.3. The van der Waals surface area contributed by atoms with Gasteiger partial charge in [-0.15, -0.1) is 0 Å². The maximum atomic E-state index is 12.3. The topological polar surface area (TPSA) is 52.6 Å². The number of carbonyl (C=O) groups excluding carboxylic acids is 2. The van der Waals surface area contributed by atoms with Crippen LogP contribution in [0.2, 0.25) is 0 Å². The summed E-state index contributed by atoms with van der Waals surface area (Å²) in [7, 11) is 0. The third kappa shape index (κ3) is 5.29. The molecule has 0 aromatic heterocycles. The highest BCUT2D eigenvalue weighted by Gasteiger charge is 2.34. The van der Waals surface area contributed by atoms with Crippen molar-refractivity contribution >= 4 is 11.9 Å². The Morgan fingerprint density at radius 2 is 1.59 bits per heavy atom. The average Bonchev–Trinajstić information content (AvgIpc) is 2.56. The molecule has 4 nitrogen and oxygen atoms in total. The first-order valence-corrected chi connectivity index (χ1v) is 9.07. The highest BCUT2D eigenvalue weighted by atomic mass is 16.5. The second-order valence-corrected chi connectivity index (χ2v) is 6.78. The maximum Gasteiger partial charge on any atom is 0.309 e. The fourth-order valence-electron chi connectivity index (χ4n) is 3.50. The van der Waals surface area contributed by atoms with Crippen LogP contribution in [0.15, 0.2) is 0 Å². The van der Waals surface area contributed by atoms with E-state index >= 15 is 0 Å². The van der Waals surface area contributed by atoms with Crippen molar-refractivity contribution in [1.29, 1.82) is 0 Å². The fourth-order valence-corrected chi connectivity index (χ4v) is 3.50. The molecule has 4 heteroatoms. The monoisotopic (exact) mass is 310 g/mol. The van der Waals surface area contributed by atoms with Gasteiger partial charge in [-0.25, -0.2) is 0 Å². The molecule has 0 bridgehead atoms. The lowest BCUT2D eigenvalue weighted by Crippen LogP contribution is -2.32. The van der Waals surface area contributed by atoms with Gasteiger partial charge in [-0.2, -0.15) is 0 Å². The molecule has 0 aliphatic heterocycles. The van der Waals surface area contributed by atoms with E-state index in [1.54, 1.807) is 0 Å². The Kier molecular flexibility index (Phi) is 7.20. The molecule has 0 saturated heterocycles. The number of unbranched alkanes of at least 4 members (excludes halogenated alkanes) is 1. The van der Waals surface area contributed by atoms with Gasteiger partial charge in [0.15, 0.2) is 0 Å². The smallest absolute Gasteiger partial charge is 0.309 e. The van der Waals surface area contributed by atoms with E-state index in [1.807, 2.05) is 0 Å². The van der Waals surface area contributed by atoms with E-state index in [0.29, 0.717) is 13.0 Å². The van der Waals surface area contributed by atoms with Crippen LogP contribution in [-0.4, -0.2) is 24.6 Å². The summed E-state index contributed by atoms with van der Waals surface area (Å²) < 4.78 is 11.0. The van der Waals surface area contributed by atoms with Crippen molar-refractivity contribution in [3.8, 4) is 0 Å². The zero-order valence-electron chi connectivity index (χ0n) is 13.9. The summed E-state index contributed by atoms with van der Waals surface area (Å²) in [5, 5.41) is 0. The highest BCUT2D eigenvalue weighted by Crippen LogP contribution is 2.32. The summed E-state index contributed by atoms with van der Waals surface area (Å²) in [4.78, 5) is 24.4. The van der Waals surface area contributed by atoms with Gasteiger partial charge in [-0.3, -0.25) is 9.59 Å². The average molecular weight is 310 g/mol. The van der Waals surface area contributed by atoms with Crippen LogP contribution in [0.3, 0.4) is 0 Å². The lowest BCUT2D eigenvalue weighted by atomic mass is 9.81. The number of carbonyl (C=O) groups is 2. The zero-order chi connectivity index (χ0) is 15.8. The Labute approximate surface area is 133 Å². The van der Waals surface area contributed by atoms with E-state index in [1.165, 1.54) is 6.42 Å². The van der Waals surface area contributed by atoms with Gasteiger partial charge in [0.05, 0.1) is 18.4 Å². The Hall–Kier alpha value is -1.06. The molecule has 126 valence electrons. The molecule has 0 N–H and O–H groups in total. The summed E-state index contributed by atoms with van der Waals surface area (Å²) in [6, 6.07) is 0. The van der Waals surface area contributed by atoms with Crippen LogP contribution >= 0.6 is 0 Å². The van der Waals surface area contributed by atoms with Crippen molar-refractivity contribution in [2.75, 3.05) is 6.61 Å². The minimum atomic E-state index is -0.122. The molecule has 2 aliphatic carbocycles. The molecule has 0 aromatic carbocycles. The van der Waals surface area contributed by atoms with Crippen LogP contribution in [0, 0.1) is 11.8 Å². The summed E-state index contributed by atoms with van der Waals surface area (Å²) in [6.07, 6.45) is 10.8. The molecule has 22 heavy (non-hydrogen) atoms. The maximum absolute atomic E-state index is 12.3. The van der Waals surface area contributed by atoms with Gasteiger partial charge in [0.1, 0.15) is 6.10 Å². The second-order valence-electron chi connectivity index (χ2n) is 6.78. The molecular weight excluding hydrogens is 280 g/mol. The number of ether oxygens (including phenoxy) is 2. The fraction of sp³-hybridized carbons (Fsp3) is 0.889. The molecule has 0 heterocycles. The van der Waals surface area contributed by atoms with E-state index < -0.39 is 0 Å². The zero-order valence-corrected chi connectivity index (χ0v) is 13.9. The predicted molar refractivity (Wildman–Crippen MR) is 84.3 cm³/mol. The van der Waals surface area contributed by atoms with Crippen LogP contribution < -0.4 is 0 Å². The van der Waals surface area contributed by atoms with Gasteiger partial charge in [0, 0.05) is 0 Å². The Morgan fingerprint density at radius 1 is 0.909 bits per heavy atom. The van der Waals surface area contributed by atoms with Gasteiger partial charge in [-0.05, 0) is 51.4 Å². The van der Waals surface area contributed by atoms with E-state index in [0.717, 1.165) is 57.8 Å². The third-order valence-electron chi connectivity index (χ3n) is 4.92. The number of rotatable bonds is 6. The van der Waals surface area contributed by atoms with Crippen molar-refractivity contribution in [3.05, 3.63) is 0 Å². The molecule has 2 atom stereocenters. The van der Waals surface area contributed by atoms with Gasteiger partial charge in [0.25, 0.3) is 0 Å². The SMILES string of the molecule is CCCCOC(=O)C1CCCC(C(=O)OC2CCCCC2)C1. The quantitative estimate of drug-likeness (QED) is 0.549. The standard InChI is InChI=1S/C18H30O4/c1-2-3-12-21-17(19)14-8-7-9-15(13-14)18(20)22-16-10-5-4-6-11-16/h14-16H,2-13H2,1H3. The van der Waals surface area contributed by atoms with Crippen LogP contribution in [-0.2, 0) is 19.1 Å². The highest BCUT2D eigenvalue weighted by molar-refractivity contribution is 5.76. The van der Waals surface area contributed by atoms with Crippen LogP contribution in [0.1, 0.15) is 77.6 Å². The summed E-state index contributed by atoms with van der Waals surface area (Å²) >= 11 is 0. The minimum absolute atomic E-state index is 0.0852. The summed E-state index contributed by atoms with van der Waals surface area (Å²) in [6.45, 7) is 2.58. The molecular formula is C18H30O4. The summed E-state index contributed by atoms with van der Waals surface area (Å²) in [5.74, 6) is -0.435. The molecule has 2 unspecified atom stereocenters. The molecule has 2 saturated carbocycles. The Bertz CT molecular complexity index is 360. The molecule has 0 aromatic rings. The predicted octanol–water partition coefficient (Wildman–Crippen LogP) is 4.01.